The second-order valence-electron chi connectivity index (χ2n) is 13.5. The number of nitrogens with one attached hydrogen (secondary N) is 4. The molecule has 0 aliphatic carbocycles. The van der Waals surface area contributed by atoms with Crippen molar-refractivity contribution >= 4 is 52.4 Å². The van der Waals surface area contributed by atoms with Crippen molar-refractivity contribution in [3.63, 3.8) is 0 Å². The SMILES string of the molecule is CC(C)C[C@H](NC(=O)OC(C)(C)C)C(=O)N[C@@H](CCCN=C(N)N)C(=O)N[C@@H](CCCN=C(N)N)C(=O)Nc1ccc2c(C(F)(F)F)cc(=O)oc2c1. The van der Waals surface area contributed by atoms with E-state index in [2.05, 4.69) is 31.3 Å². The van der Waals surface area contributed by atoms with Gasteiger partial charge in [0.1, 0.15) is 29.3 Å². The number of nitrogens with zero attached hydrogens (tertiary/aromatic N) is 2. The summed E-state index contributed by atoms with van der Waals surface area (Å²) >= 11 is 0. The summed E-state index contributed by atoms with van der Waals surface area (Å²) in [5.74, 6) is -2.73. The standard InChI is InChI=1S/C33H49F3N10O7/c1-17(2)14-23(46-31(51)53-32(3,4)5)28(50)45-22(9-7-13-42-30(39)40)27(49)44-21(8-6-12-41-29(37)38)26(48)43-18-10-11-19-20(33(34,35)36)16-25(47)52-24(19)15-18/h10-11,15-17,21-23H,6-9,12-14H2,1-5H3,(H,43,48)(H,44,49)(H,45,50)(H,46,51)(H4,37,38,41)(H4,39,40,42)/t21-,22-,23-/m0/s1. The van der Waals surface area contributed by atoms with E-state index in [0.29, 0.717) is 6.07 Å². The first kappa shape index (κ1) is 43.6. The molecule has 1 aromatic carbocycles. The number of anilines is 1. The first-order chi connectivity index (χ1) is 24.5. The van der Waals surface area contributed by atoms with Crippen molar-refractivity contribution in [3.8, 4) is 0 Å². The zero-order valence-corrected chi connectivity index (χ0v) is 30.3. The second kappa shape index (κ2) is 19.3. The van der Waals surface area contributed by atoms with Crippen LogP contribution >= 0.6 is 0 Å². The molecule has 2 rings (SSSR count). The van der Waals surface area contributed by atoms with Gasteiger partial charge in [-0.05, 0) is 70.9 Å². The Labute approximate surface area is 303 Å². The average Bonchev–Trinajstić information content (AvgIpc) is 3.00. The Morgan fingerprint density at radius 3 is 1.83 bits per heavy atom. The van der Waals surface area contributed by atoms with Gasteiger partial charge in [-0.2, -0.15) is 13.2 Å². The van der Waals surface area contributed by atoms with Gasteiger partial charge >= 0.3 is 17.9 Å². The molecule has 0 fully saturated rings. The van der Waals surface area contributed by atoms with Crippen molar-refractivity contribution in [3.05, 3.63) is 40.2 Å². The van der Waals surface area contributed by atoms with Crippen LogP contribution in [0.1, 0.15) is 72.3 Å². The van der Waals surface area contributed by atoms with Crippen molar-refractivity contribution < 1.29 is 41.5 Å². The lowest BCUT2D eigenvalue weighted by atomic mass is 10.0. The number of aliphatic imine (C=N–C) groups is 2. The number of fused-ring (bicyclic) bond motifs is 1. The number of ether oxygens (including phenoxy) is 1. The molecule has 0 bridgehead atoms. The molecule has 12 N–H and O–H groups in total. The number of hydrogen-bond acceptors (Lipinski definition) is 9. The zero-order chi connectivity index (χ0) is 40.1. The van der Waals surface area contributed by atoms with Gasteiger partial charge < -0.3 is 53.4 Å². The average molecular weight is 755 g/mol. The Morgan fingerprint density at radius 2 is 1.34 bits per heavy atom. The molecule has 0 saturated carbocycles. The van der Waals surface area contributed by atoms with Crippen LogP contribution in [0.25, 0.3) is 11.0 Å². The number of alkyl carbamates (subject to hydrolysis) is 1. The highest BCUT2D eigenvalue weighted by Crippen LogP contribution is 2.34. The summed E-state index contributed by atoms with van der Waals surface area (Å²) in [5, 5.41) is 9.90. The Bertz CT molecular complexity index is 1710. The highest BCUT2D eigenvalue weighted by Gasteiger charge is 2.34. The molecule has 17 nitrogen and oxygen atoms in total. The molecule has 0 unspecified atom stereocenters. The van der Waals surface area contributed by atoms with Gasteiger partial charge in [-0.1, -0.05) is 13.8 Å². The van der Waals surface area contributed by atoms with Crippen LogP contribution in [0, 0.1) is 5.92 Å². The normalized spacial score (nSPS) is 13.3. The minimum Gasteiger partial charge on any atom is -0.444 e. The molecule has 2 aromatic rings. The Kier molecular flexibility index (Phi) is 15.9. The quantitative estimate of drug-likeness (QED) is 0.0498. The Morgan fingerprint density at radius 1 is 0.811 bits per heavy atom. The maximum atomic E-state index is 13.8. The molecule has 3 atom stereocenters. The number of nitrogens with two attached hydrogens (primary N) is 4. The number of amides is 4. The number of guanidine groups is 2. The fraction of sp³-hybridized carbons (Fsp3) is 0.545. The number of halogens is 3. The molecule has 0 aliphatic heterocycles. The van der Waals surface area contributed by atoms with Crippen LogP contribution in [0.3, 0.4) is 0 Å². The highest BCUT2D eigenvalue weighted by atomic mass is 19.4. The maximum Gasteiger partial charge on any atom is 0.417 e. The smallest absolute Gasteiger partial charge is 0.417 e. The molecular formula is C33H49F3N10O7. The van der Waals surface area contributed by atoms with Crippen LogP contribution in [0.2, 0.25) is 0 Å². The van der Waals surface area contributed by atoms with Crippen LogP contribution in [0.5, 0.6) is 0 Å². The maximum absolute atomic E-state index is 13.8. The molecular weight excluding hydrogens is 705 g/mol. The molecule has 0 spiro atoms. The third-order valence-electron chi connectivity index (χ3n) is 7.19. The molecule has 20 heteroatoms. The molecule has 0 aliphatic rings. The topological polar surface area (TPSA) is 285 Å². The van der Waals surface area contributed by atoms with E-state index in [-0.39, 0.29) is 68.7 Å². The van der Waals surface area contributed by atoms with E-state index in [1.54, 1.807) is 20.8 Å². The van der Waals surface area contributed by atoms with Crippen LogP contribution in [-0.2, 0) is 25.3 Å². The Balaban J connectivity index is 2.40. The predicted molar refractivity (Wildman–Crippen MR) is 192 cm³/mol. The third kappa shape index (κ3) is 15.7. The second-order valence-corrected chi connectivity index (χ2v) is 13.5. The Hall–Kier alpha value is -5.56. The number of alkyl halides is 3. The first-order valence-electron chi connectivity index (χ1n) is 16.7. The lowest BCUT2D eigenvalue weighted by molar-refractivity contribution is -0.136. The molecule has 1 aromatic heterocycles. The number of carbonyl (C=O) groups is 4. The van der Waals surface area contributed by atoms with Crippen molar-refractivity contribution in [2.45, 2.75) is 96.6 Å². The van der Waals surface area contributed by atoms with Gasteiger partial charge in [-0.15, -0.1) is 0 Å². The summed E-state index contributed by atoms with van der Waals surface area (Å²) in [6.45, 7) is 8.82. The van der Waals surface area contributed by atoms with Gasteiger partial charge in [-0.25, -0.2) is 9.59 Å². The van der Waals surface area contributed by atoms with Crippen LogP contribution in [-0.4, -0.2) is 72.5 Å². The zero-order valence-electron chi connectivity index (χ0n) is 30.3. The summed E-state index contributed by atoms with van der Waals surface area (Å²) in [4.78, 5) is 73.1. The van der Waals surface area contributed by atoms with E-state index in [1.807, 2.05) is 13.8 Å². The molecule has 53 heavy (non-hydrogen) atoms. The van der Waals surface area contributed by atoms with Crippen molar-refractivity contribution in [1.29, 1.82) is 0 Å². The number of rotatable bonds is 17. The summed E-state index contributed by atoms with van der Waals surface area (Å²) < 4.78 is 50.9. The van der Waals surface area contributed by atoms with E-state index in [9.17, 15) is 37.1 Å². The van der Waals surface area contributed by atoms with E-state index in [0.717, 1.165) is 12.1 Å². The van der Waals surface area contributed by atoms with Crippen LogP contribution in [0.15, 0.2) is 43.5 Å². The van der Waals surface area contributed by atoms with Gasteiger partial charge in [0.15, 0.2) is 11.9 Å². The minimum absolute atomic E-state index is 0.00275. The number of hydrogen-bond donors (Lipinski definition) is 8. The van der Waals surface area contributed by atoms with Gasteiger partial charge in [0.2, 0.25) is 17.7 Å². The summed E-state index contributed by atoms with van der Waals surface area (Å²) in [6, 6.07) is -0.0611. The van der Waals surface area contributed by atoms with E-state index in [4.69, 9.17) is 32.1 Å². The minimum atomic E-state index is -4.85. The van der Waals surface area contributed by atoms with Crippen molar-refractivity contribution in [2.24, 2.45) is 38.8 Å². The molecule has 0 saturated heterocycles. The molecule has 0 radical (unpaired) electrons. The molecule has 4 amide bonds. The van der Waals surface area contributed by atoms with Crippen molar-refractivity contribution in [1.82, 2.24) is 16.0 Å². The van der Waals surface area contributed by atoms with Gasteiger partial charge in [0.05, 0.1) is 5.56 Å². The van der Waals surface area contributed by atoms with Gasteiger partial charge in [0, 0.05) is 36.3 Å². The fourth-order valence-corrected chi connectivity index (χ4v) is 4.95. The summed E-state index contributed by atoms with van der Waals surface area (Å²) in [5.41, 5.74) is 17.9. The number of carbonyl (C=O) groups excluding carboxylic acids is 4. The third-order valence-corrected chi connectivity index (χ3v) is 7.19. The summed E-state index contributed by atoms with van der Waals surface area (Å²) in [7, 11) is 0. The lowest BCUT2D eigenvalue weighted by Crippen LogP contribution is -2.56. The first-order valence-corrected chi connectivity index (χ1v) is 16.7. The van der Waals surface area contributed by atoms with E-state index < -0.39 is 75.9 Å². The predicted octanol–water partition coefficient (Wildman–Crippen LogP) is 1.77. The van der Waals surface area contributed by atoms with Crippen molar-refractivity contribution in [2.75, 3.05) is 18.4 Å². The summed E-state index contributed by atoms with van der Waals surface area (Å²) in [6.07, 6.45) is -5.11. The highest BCUT2D eigenvalue weighted by molar-refractivity contribution is 6.00. The van der Waals surface area contributed by atoms with E-state index >= 15 is 0 Å². The van der Waals surface area contributed by atoms with Crippen LogP contribution < -0.4 is 49.8 Å². The van der Waals surface area contributed by atoms with Crippen LogP contribution in [0.4, 0.5) is 23.7 Å². The molecule has 294 valence electrons. The fourth-order valence-electron chi connectivity index (χ4n) is 4.95. The van der Waals surface area contributed by atoms with E-state index in [1.165, 1.54) is 6.07 Å². The monoisotopic (exact) mass is 754 g/mol. The molecule has 1 heterocycles. The lowest BCUT2D eigenvalue weighted by Gasteiger charge is -2.27. The number of benzene rings is 1. The largest absolute Gasteiger partial charge is 0.444 e. The van der Waals surface area contributed by atoms with Gasteiger partial charge in [-0.3, -0.25) is 24.4 Å². The van der Waals surface area contributed by atoms with Gasteiger partial charge in [0.25, 0.3) is 0 Å².